The minimum atomic E-state index is -4.42. The third kappa shape index (κ3) is 3.82. The molecule has 0 aliphatic carbocycles. The number of benzene rings is 2. The molecule has 24 heavy (non-hydrogen) atoms. The van der Waals surface area contributed by atoms with Crippen LogP contribution in [0.15, 0.2) is 40.1 Å². The van der Waals surface area contributed by atoms with Gasteiger partial charge in [0.15, 0.2) is 21.5 Å². The van der Waals surface area contributed by atoms with E-state index in [-0.39, 0.29) is 0 Å². The Morgan fingerprint density at radius 1 is 0.917 bits per heavy atom. The highest BCUT2D eigenvalue weighted by atomic mass is 35.5. The molecule has 0 unspecified atom stereocenters. The minimum absolute atomic E-state index is 0.414. The number of anilines is 1. The number of hydrogen-bond donors (Lipinski definition) is 1. The second-order valence-corrected chi connectivity index (χ2v) is 8.79. The van der Waals surface area contributed by atoms with Crippen molar-refractivity contribution in [2.75, 3.05) is 11.0 Å². The van der Waals surface area contributed by atoms with Gasteiger partial charge in [-0.3, -0.25) is 4.72 Å². The van der Waals surface area contributed by atoms with Gasteiger partial charge >= 0.3 is 0 Å². The fraction of sp³-hybridized carbons (Fsp3) is 0.0769. The molecule has 0 amide bonds. The molecule has 0 saturated heterocycles. The van der Waals surface area contributed by atoms with Gasteiger partial charge in [0.2, 0.25) is 0 Å². The van der Waals surface area contributed by atoms with Crippen molar-refractivity contribution in [3.63, 3.8) is 0 Å². The Labute approximate surface area is 141 Å². The zero-order valence-electron chi connectivity index (χ0n) is 11.8. The van der Waals surface area contributed by atoms with Crippen LogP contribution in [-0.4, -0.2) is 23.1 Å². The summed E-state index contributed by atoms with van der Waals surface area (Å²) in [5.41, 5.74) is -0.458. The Balaban J connectivity index is 2.51. The minimum Gasteiger partial charge on any atom is -0.278 e. The van der Waals surface area contributed by atoms with E-state index >= 15 is 0 Å². The van der Waals surface area contributed by atoms with Crippen LogP contribution in [0.2, 0.25) is 5.02 Å². The van der Waals surface area contributed by atoms with Gasteiger partial charge in [-0.05, 0) is 24.3 Å². The standard InChI is InChI=1S/C13H9ClF3NO4S2/c1-23(19,20)13-4-7(2-3-9(13)15)24(21,22)18-12-6-11(17)10(16)5-8(12)14/h2-6,18H,1H3. The Hall–Kier alpha value is -1.78. The molecule has 0 aromatic heterocycles. The second kappa shape index (κ2) is 6.26. The summed E-state index contributed by atoms with van der Waals surface area (Å²) in [7, 11) is -8.43. The first-order chi connectivity index (χ1) is 10.9. The first-order valence-corrected chi connectivity index (χ1v) is 9.84. The SMILES string of the molecule is CS(=O)(=O)c1cc(S(=O)(=O)Nc2cc(F)c(F)cc2Cl)ccc1F. The van der Waals surface area contributed by atoms with Crippen molar-refractivity contribution in [2.45, 2.75) is 9.79 Å². The molecule has 130 valence electrons. The molecule has 2 aromatic rings. The third-order valence-corrected chi connectivity index (χ3v) is 5.65. The molecule has 0 aliphatic heterocycles. The van der Waals surface area contributed by atoms with Crippen molar-refractivity contribution in [1.29, 1.82) is 0 Å². The predicted molar refractivity (Wildman–Crippen MR) is 81.7 cm³/mol. The zero-order valence-corrected chi connectivity index (χ0v) is 14.2. The number of sulfonamides is 1. The van der Waals surface area contributed by atoms with Crippen molar-refractivity contribution in [3.05, 3.63) is 52.8 Å². The van der Waals surface area contributed by atoms with Gasteiger partial charge in [-0.25, -0.2) is 30.0 Å². The summed E-state index contributed by atoms with van der Waals surface area (Å²) < 4.78 is 89.0. The van der Waals surface area contributed by atoms with E-state index in [9.17, 15) is 30.0 Å². The lowest BCUT2D eigenvalue weighted by molar-refractivity contribution is 0.509. The van der Waals surface area contributed by atoms with Crippen LogP contribution < -0.4 is 4.72 Å². The van der Waals surface area contributed by atoms with Crippen LogP contribution in [-0.2, 0) is 19.9 Å². The van der Waals surface area contributed by atoms with E-state index in [1.165, 1.54) is 0 Å². The molecule has 0 radical (unpaired) electrons. The summed E-state index contributed by atoms with van der Waals surface area (Å²) in [6.45, 7) is 0. The second-order valence-electron chi connectivity index (χ2n) is 4.72. The predicted octanol–water partition coefficient (Wildman–Crippen LogP) is 2.96. The average molecular weight is 400 g/mol. The highest BCUT2D eigenvalue weighted by Crippen LogP contribution is 2.28. The van der Waals surface area contributed by atoms with Crippen LogP contribution in [0.5, 0.6) is 0 Å². The Kier molecular flexibility index (Phi) is 4.84. The first kappa shape index (κ1) is 18.6. The number of hydrogen-bond acceptors (Lipinski definition) is 4. The average Bonchev–Trinajstić information content (AvgIpc) is 2.43. The molecular formula is C13H9ClF3NO4S2. The van der Waals surface area contributed by atoms with Crippen molar-refractivity contribution in [2.24, 2.45) is 0 Å². The molecule has 0 fully saturated rings. The topological polar surface area (TPSA) is 80.3 Å². The Morgan fingerprint density at radius 2 is 1.50 bits per heavy atom. The van der Waals surface area contributed by atoms with Crippen LogP contribution in [0.3, 0.4) is 0 Å². The number of nitrogens with one attached hydrogen (secondary N) is 1. The number of halogens is 4. The molecule has 0 atom stereocenters. The fourth-order valence-electron chi connectivity index (χ4n) is 1.74. The van der Waals surface area contributed by atoms with Crippen LogP contribution in [0.1, 0.15) is 0 Å². The van der Waals surface area contributed by atoms with Crippen LogP contribution >= 0.6 is 11.6 Å². The summed E-state index contributed by atoms with van der Waals surface area (Å²) in [5.74, 6) is -3.74. The zero-order chi connectivity index (χ0) is 18.3. The third-order valence-electron chi connectivity index (χ3n) is 2.87. The molecule has 0 saturated carbocycles. The monoisotopic (exact) mass is 399 g/mol. The maximum atomic E-state index is 13.5. The highest BCUT2D eigenvalue weighted by molar-refractivity contribution is 7.93. The summed E-state index contributed by atoms with van der Waals surface area (Å²) in [5, 5.41) is -0.414. The highest BCUT2D eigenvalue weighted by Gasteiger charge is 2.22. The molecule has 0 heterocycles. The molecule has 2 aromatic carbocycles. The largest absolute Gasteiger partial charge is 0.278 e. The molecule has 2 rings (SSSR count). The molecule has 1 N–H and O–H groups in total. The van der Waals surface area contributed by atoms with E-state index in [1.54, 1.807) is 0 Å². The summed E-state index contributed by atoms with van der Waals surface area (Å²) in [6.07, 6.45) is 0.710. The maximum Gasteiger partial charge on any atom is 0.261 e. The van der Waals surface area contributed by atoms with Crippen molar-refractivity contribution >= 4 is 37.1 Å². The first-order valence-electron chi connectivity index (χ1n) is 6.09. The van der Waals surface area contributed by atoms with Gasteiger partial charge in [0, 0.05) is 12.3 Å². The van der Waals surface area contributed by atoms with E-state index in [2.05, 4.69) is 0 Å². The van der Waals surface area contributed by atoms with Gasteiger partial charge in [-0.1, -0.05) is 11.6 Å². The van der Waals surface area contributed by atoms with E-state index in [0.717, 1.165) is 6.07 Å². The molecule has 5 nitrogen and oxygen atoms in total. The lowest BCUT2D eigenvalue weighted by Crippen LogP contribution is -2.15. The smallest absolute Gasteiger partial charge is 0.261 e. The fourth-order valence-corrected chi connectivity index (χ4v) is 3.93. The summed E-state index contributed by atoms with van der Waals surface area (Å²) in [4.78, 5) is -1.41. The van der Waals surface area contributed by atoms with Crippen LogP contribution in [0, 0.1) is 17.5 Å². The van der Waals surface area contributed by atoms with E-state index in [0.29, 0.717) is 30.5 Å². The quantitative estimate of drug-likeness (QED) is 0.801. The van der Waals surface area contributed by atoms with E-state index < -0.39 is 57.8 Å². The van der Waals surface area contributed by atoms with Gasteiger partial charge < -0.3 is 0 Å². The van der Waals surface area contributed by atoms with Gasteiger partial charge in [-0.15, -0.1) is 0 Å². The molecular weight excluding hydrogens is 391 g/mol. The van der Waals surface area contributed by atoms with Crippen LogP contribution in [0.4, 0.5) is 18.9 Å². The lowest BCUT2D eigenvalue weighted by atomic mass is 10.3. The van der Waals surface area contributed by atoms with Crippen molar-refractivity contribution < 1.29 is 30.0 Å². The van der Waals surface area contributed by atoms with E-state index in [4.69, 9.17) is 11.6 Å². The van der Waals surface area contributed by atoms with Gasteiger partial charge in [0.25, 0.3) is 10.0 Å². The Bertz CT molecular complexity index is 1020. The lowest BCUT2D eigenvalue weighted by Gasteiger charge is -2.11. The molecule has 0 spiro atoms. The maximum absolute atomic E-state index is 13.5. The molecule has 0 aliphatic rings. The number of rotatable bonds is 4. The van der Waals surface area contributed by atoms with Crippen molar-refractivity contribution in [3.8, 4) is 0 Å². The summed E-state index contributed by atoms with van der Waals surface area (Å²) >= 11 is 5.63. The normalized spacial score (nSPS) is 12.2. The number of sulfone groups is 1. The molecule has 11 heteroatoms. The van der Waals surface area contributed by atoms with E-state index in [1.807, 2.05) is 4.72 Å². The Morgan fingerprint density at radius 3 is 2.08 bits per heavy atom. The molecule has 0 bridgehead atoms. The van der Waals surface area contributed by atoms with Crippen molar-refractivity contribution in [1.82, 2.24) is 0 Å². The van der Waals surface area contributed by atoms with Gasteiger partial charge in [0.1, 0.15) is 10.7 Å². The van der Waals surface area contributed by atoms with Gasteiger partial charge in [-0.2, -0.15) is 0 Å². The summed E-state index contributed by atoms with van der Waals surface area (Å²) in [6, 6.07) is 3.19. The van der Waals surface area contributed by atoms with Crippen LogP contribution in [0.25, 0.3) is 0 Å². The van der Waals surface area contributed by atoms with Gasteiger partial charge in [0.05, 0.1) is 15.6 Å².